The fourth-order valence-corrected chi connectivity index (χ4v) is 2.97. The Bertz CT molecular complexity index is 844. The number of nitrogen functional groups attached to an aromatic ring is 1. The maximum absolute atomic E-state index is 12.3. The number of anilines is 2. The van der Waals surface area contributed by atoms with Gasteiger partial charge in [0.2, 0.25) is 0 Å². The highest BCUT2D eigenvalue weighted by atomic mass is 35.5. The molecule has 3 N–H and O–H groups in total. The first-order valence-corrected chi connectivity index (χ1v) is 7.46. The van der Waals surface area contributed by atoms with Gasteiger partial charge >= 0.3 is 0 Å². The van der Waals surface area contributed by atoms with Gasteiger partial charge in [-0.2, -0.15) is 0 Å². The van der Waals surface area contributed by atoms with Crippen molar-refractivity contribution in [1.29, 1.82) is 0 Å². The first-order chi connectivity index (χ1) is 10.0. The number of aromatic nitrogens is 1. The number of carbonyl (C=O) groups is 1. The molecule has 4 nitrogen and oxygen atoms in total. The summed E-state index contributed by atoms with van der Waals surface area (Å²) in [6.07, 6.45) is 0. The van der Waals surface area contributed by atoms with Crippen LogP contribution in [0.5, 0.6) is 0 Å². The number of carbonyl (C=O) groups excluding carboxylic acids is 1. The number of nitrogens with one attached hydrogen (secondary N) is 1. The lowest BCUT2D eigenvalue weighted by molar-refractivity contribution is 0.102. The minimum absolute atomic E-state index is 0.186. The maximum Gasteiger partial charge on any atom is 0.255 e. The molecule has 0 saturated heterocycles. The zero-order valence-corrected chi connectivity index (χ0v) is 12.8. The fraction of sp³-hybridized carbons (Fsp3) is 0.0667. The molecule has 0 aliphatic heterocycles. The van der Waals surface area contributed by atoms with Crippen LogP contribution in [0.15, 0.2) is 36.4 Å². The largest absolute Gasteiger partial charge is 0.375 e. The lowest BCUT2D eigenvalue weighted by Crippen LogP contribution is -2.12. The molecule has 0 unspecified atom stereocenters. The van der Waals surface area contributed by atoms with Gasteiger partial charge in [0, 0.05) is 16.3 Å². The number of nitrogens with two attached hydrogens (primary N) is 1. The first-order valence-electron chi connectivity index (χ1n) is 6.27. The van der Waals surface area contributed by atoms with Crippen molar-refractivity contribution >= 4 is 49.9 Å². The van der Waals surface area contributed by atoms with Gasteiger partial charge in [0.25, 0.3) is 5.91 Å². The predicted octanol–water partition coefficient (Wildman–Crippen LogP) is 4.09. The molecule has 106 valence electrons. The molecule has 1 amide bonds. The number of fused-ring (bicyclic) bond motifs is 1. The second-order valence-corrected chi connectivity index (χ2v) is 6.07. The monoisotopic (exact) mass is 317 g/mol. The standard InChI is InChI=1S/C15H12ClN3OS/c1-8-10(16)3-2-4-11(8)18-14(20)9-5-6-12-13(7-9)21-15(17)19-12/h2-7H,1H3,(H2,17,19)(H,18,20). The molecule has 0 bridgehead atoms. The second kappa shape index (κ2) is 5.35. The Labute approximate surface area is 130 Å². The van der Waals surface area contributed by atoms with Gasteiger partial charge in [-0.15, -0.1) is 0 Å². The summed E-state index contributed by atoms with van der Waals surface area (Å²) < 4.78 is 0.892. The summed E-state index contributed by atoms with van der Waals surface area (Å²) in [5.74, 6) is -0.186. The number of hydrogen-bond donors (Lipinski definition) is 2. The Kier molecular flexibility index (Phi) is 3.53. The van der Waals surface area contributed by atoms with E-state index in [1.165, 1.54) is 11.3 Å². The average molecular weight is 318 g/mol. The van der Waals surface area contributed by atoms with E-state index in [9.17, 15) is 4.79 Å². The topological polar surface area (TPSA) is 68.0 Å². The van der Waals surface area contributed by atoms with Crippen LogP contribution < -0.4 is 11.1 Å². The minimum Gasteiger partial charge on any atom is -0.375 e. The third kappa shape index (κ3) is 2.70. The molecule has 2 aromatic carbocycles. The molecule has 21 heavy (non-hydrogen) atoms. The van der Waals surface area contributed by atoms with Gasteiger partial charge in [-0.1, -0.05) is 29.0 Å². The number of benzene rings is 2. The summed E-state index contributed by atoms with van der Waals surface area (Å²) in [5, 5.41) is 3.99. The van der Waals surface area contributed by atoms with E-state index in [0.29, 0.717) is 21.4 Å². The molecule has 0 aliphatic carbocycles. The SMILES string of the molecule is Cc1c(Cl)cccc1NC(=O)c1ccc2nc(N)sc2c1. The minimum atomic E-state index is -0.186. The molecule has 0 radical (unpaired) electrons. The molecule has 1 heterocycles. The van der Waals surface area contributed by atoms with Crippen LogP contribution in [0.1, 0.15) is 15.9 Å². The first kappa shape index (κ1) is 13.9. The quantitative estimate of drug-likeness (QED) is 0.748. The van der Waals surface area contributed by atoms with E-state index in [2.05, 4.69) is 10.3 Å². The Morgan fingerprint density at radius 3 is 2.95 bits per heavy atom. The average Bonchev–Trinajstić information content (AvgIpc) is 2.82. The number of rotatable bonds is 2. The molecule has 0 atom stereocenters. The second-order valence-electron chi connectivity index (χ2n) is 4.60. The summed E-state index contributed by atoms with van der Waals surface area (Å²) >= 11 is 7.41. The summed E-state index contributed by atoms with van der Waals surface area (Å²) in [7, 11) is 0. The van der Waals surface area contributed by atoms with Crippen LogP contribution in [0, 0.1) is 6.92 Å². The number of halogens is 1. The van der Waals surface area contributed by atoms with Crippen molar-refractivity contribution in [3.05, 3.63) is 52.5 Å². The normalized spacial score (nSPS) is 10.8. The summed E-state index contributed by atoms with van der Waals surface area (Å²) in [5.41, 5.74) is 8.58. The number of nitrogens with zero attached hydrogens (tertiary/aromatic N) is 1. The Balaban J connectivity index is 1.91. The zero-order chi connectivity index (χ0) is 15.0. The third-order valence-electron chi connectivity index (χ3n) is 3.18. The van der Waals surface area contributed by atoms with Gasteiger partial charge in [0.1, 0.15) is 0 Å². The number of hydrogen-bond acceptors (Lipinski definition) is 4. The lowest BCUT2D eigenvalue weighted by atomic mass is 10.1. The molecular weight excluding hydrogens is 306 g/mol. The van der Waals surface area contributed by atoms with E-state index < -0.39 is 0 Å². The Morgan fingerprint density at radius 2 is 2.14 bits per heavy atom. The van der Waals surface area contributed by atoms with Crippen LogP contribution >= 0.6 is 22.9 Å². The van der Waals surface area contributed by atoms with Gasteiger partial charge in [-0.3, -0.25) is 4.79 Å². The smallest absolute Gasteiger partial charge is 0.255 e. The van der Waals surface area contributed by atoms with Crippen molar-refractivity contribution in [2.24, 2.45) is 0 Å². The Morgan fingerprint density at radius 1 is 1.33 bits per heavy atom. The van der Waals surface area contributed by atoms with E-state index >= 15 is 0 Å². The third-order valence-corrected chi connectivity index (χ3v) is 4.44. The summed E-state index contributed by atoms with van der Waals surface area (Å²) in [4.78, 5) is 16.5. The van der Waals surface area contributed by atoms with Crippen LogP contribution in [0.4, 0.5) is 10.8 Å². The van der Waals surface area contributed by atoms with E-state index in [4.69, 9.17) is 17.3 Å². The lowest BCUT2D eigenvalue weighted by Gasteiger charge is -2.09. The Hall–Kier alpha value is -2.11. The molecule has 0 aliphatic rings. The van der Waals surface area contributed by atoms with Gasteiger partial charge in [0.05, 0.1) is 10.2 Å². The van der Waals surface area contributed by atoms with Crippen molar-refractivity contribution in [3.8, 4) is 0 Å². The van der Waals surface area contributed by atoms with E-state index in [0.717, 1.165) is 15.8 Å². The van der Waals surface area contributed by atoms with Crippen molar-refractivity contribution in [1.82, 2.24) is 4.98 Å². The van der Waals surface area contributed by atoms with E-state index in [1.54, 1.807) is 30.3 Å². The highest BCUT2D eigenvalue weighted by Crippen LogP contribution is 2.26. The molecule has 1 aromatic heterocycles. The molecule has 0 fully saturated rings. The molecular formula is C15H12ClN3OS. The molecule has 0 spiro atoms. The van der Waals surface area contributed by atoms with Crippen LogP contribution in [-0.2, 0) is 0 Å². The maximum atomic E-state index is 12.3. The number of amides is 1. The van der Waals surface area contributed by atoms with Crippen LogP contribution in [0.3, 0.4) is 0 Å². The molecule has 6 heteroatoms. The highest BCUT2D eigenvalue weighted by Gasteiger charge is 2.11. The van der Waals surface area contributed by atoms with Gasteiger partial charge < -0.3 is 11.1 Å². The van der Waals surface area contributed by atoms with E-state index in [1.807, 2.05) is 13.0 Å². The number of thiazole rings is 1. The van der Waals surface area contributed by atoms with Crippen molar-refractivity contribution in [3.63, 3.8) is 0 Å². The zero-order valence-electron chi connectivity index (χ0n) is 11.2. The molecule has 3 rings (SSSR count). The van der Waals surface area contributed by atoms with Crippen LogP contribution in [0.25, 0.3) is 10.2 Å². The van der Waals surface area contributed by atoms with Crippen molar-refractivity contribution in [2.75, 3.05) is 11.1 Å². The van der Waals surface area contributed by atoms with Crippen LogP contribution in [0.2, 0.25) is 5.02 Å². The van der Waals surface area contributed by atoms with Crippen molar-refractivity contribution < 1.29 is 4.79 Å². The summed E-state index contributed by atoms with van der Waals surface area (Å²) in [6.45, 7) is 1.87. The summed E-state index contributed by atoms with van der Waals surface area (Å²) in [6, 6.07) is 10.7. The van der Waals surface area contributed by atoms with Crippen molar-refractivity contribution in [2.45, 2.75) is 6.92 Å². The van der Waals surface area contributed by atoms with E-state index in [-0.39, 0.29) is 5.91 Å². The predicted molar refractivity (Wildman–Crippen MR) is 88.2 cm³/mol. The van der Waals surface area contributed by atoms with Gasteiger partial charge in [-0.25, -0.2) is 4.98 Å². The fourth-order valence-electron chi connectivity index (χ4n) is 2.02. The molecule has 3 aromatic rings. The highest BCUT2D eigenvalue weighted by molar-refractivity contribution is 7.22. The molecule has 0 saturated carbocycles. The van der Waals surface area contributed by atoms with Gasteiger partial charge in [-0.05, 0) is 42.8 Å². The van der Waals surface area contributed by atoms with Crippen LogP contribution in [-0.4, -0.2) is 10.9 Å². The van der Waals surface area contributed by atoms with Gasteiger partial charge in [0.15, 0.2) is 5.13 Å².